The van der Waals surface area contributed by atoms with Crippen LogP contribution in [0.25, 0.3) is 0 Å². The van der Waals surface area contributed by atoms with Crippen LogP contribution in [0.3, 0.4) is 0 Å². The molecule has 124 valence electrons. The summed E-state index contributed by atoms with van der Waals surface area (Å²) < 4.78 is 1.76. The second kappa shape index (κ2) is 7.73. The van der Waals surface area contributed by atoms with Crippen molar-refractivity contribution in [3.8, 4) is 0 Å². The average molecular weight is 315 g/mol. The molecular weight excluding hydrogens is 290 g/mol. The molecule has 0 radical (unpaired) electrons. The van der Waals surface area contributed by atoms with Crippen molar-refractivity contribution in [3.63, 3.8) is 0 Å². The Hall–Kier alpha value is -1.69. The molecule has 0 bridgehead atoms. The number of benzene rings is 1. The zero-order chi connectivity index (χ0) is 16.1. The zero-order valence-electron chi connectivity index (χ0n) is 13.3. The largest absolute Gasteiger partial charge is 0.390 e. The number of likely N-dealkylation sites (tertiary alicyclic amines) is 1. The first-order chi connectivity index (χ1) is 11.2. The Kier molecular flexibility index (Phi) is 5.43. The van der Waals surface area contributed by atoms with Gasteiger partial charge in [0.25, 0.3) is 0 Å². The van der Waals surface area contributed by atoms with Crippen molar-refractivity contribution < 1.29 is 10.2 Å². The molecule has 1 fully saturated rings. The van der Waals surface area contributed by atoms with Crippen molar-refractivity contribution in [1.29, 1.82) is 0 Å². The third kappa shape index (κ3) is 4.41. The highest BCUT2D eigenvalue weighted by Crippen LogP contribution is 2.30. The van der Waals surface area contributed by atoms with E-state index in [4.69, 9.17) is 0 Å². The Bertz CT molecular complexity index is 565. The van der Waals surface area contributed by atoms with Crippen molar-refractivity contribution in [3.05, 3.63) is 54.4 Å². The van der Waals surface area contributed by atoms with Gasteiger partial charge in [0.1, 0.15) is 0 Å². The third-order valence-electron chi connectivity index (χ3n) is 4.65. The summed E-state index contributed by atoms with van der Waals surface area (Å²) in [6.07, 6.45) is 4.72. The molecule has 1 saturated heterocycles. The van der Waals surface area contributed by atoms with Crippen LogP contribution in [-0.4, -0.2) is 50.6 Å². The highest BCUT2D eigenvalue weighted by atomic mass is 16.3. The molecule has 0 amide bonds. The van der Waals surface area contributed by atoms with Crippen molar-refractivity contribution >= 4 is 0 Å². The lowest BCUT2D eigenvalue weighted by Gasteiger charge is -2.35. The number of aliphatic hydroxyl groups is 2. The lowest BCUT2D eigenvalue weighted by molar-refractivity contribution is 0.0358. The number of piperidine rings is 1. The Balaban J connectivity index is 1.45. The summed E-state index contributed by atoms with van der Waals surface area (Å²) in [5.41, 5.74) is 1.00. The molecule has 5 nitrogen and oxygen atoms in total. The fraction of sp³-hybridized carbons (Fsp3) is 0.500. The number of hydrogen-bond donors (Lipinski definition) is 2. The maximum Gasteiger partial charge on any atom is 0.0862 e. The van der Waals surface area contributed by atoms with Crippen LogP contribution in [0.4, 0.5) is 0 Å². The fourth-order valence-electron chi connectivity index (χ4n) is 3.35. The SMILES string of the molecule is O[C@@H](CN1CCC([C@@H](O)c2ccccc2)CC1)Cn1cccn1. The summed E-state index contributed by atoms with van der Waals surface area (Å²) in [7, 11) is 0. The van der Waals surface area contributed by atoms with E-state index in [1.54, 1.807) is 10.9 Å². The standard InChI is InChI=1S/C18H25N3O2/c22-17(14-21-10-4-9-19-21)13-20-11-7-16(8-12-20)18(23)15-5-2-1-3-6-15/h1-6,9-10,16-18,22-23H,7-8,11-14H2/t17-,18-/m0/s1. The van der Waals surface area contributed by atoms with E-state index in [9.17, 15) is 10.2 Å². The normalized spacial score (nSPS) is 19.6. The molecule has 23 heavy (non-hydrogen) atoms. The molecule has 1 aromatic carbocycles. The van der Waals surface area contributed by atoms with E-state index in [1.807, 2.05) is 42.6 Å². The van der Waals surface area contributed by atoms with Gasteiger partial charge < -0.3 is 15.1 Å². The Morgan fingerprint density at radius 3 is 2.43 bits per heavy atom. The smallest absolute Gasteiger partial charge is 0.0862 e. The minimum atomic E-state index is -0.412. The van der Waals surface area contributed by atoms with E-state index in [2.05, 4.69) is 10.00 Å². The van der Waals surface area contributed by atoms with Gasteiger partial charge in [-0.2, -0.15) is 5.10 Å². The Labute approximate surface area is 137 Å². The molecule has 1 aromatic heterocycles. The van der Waals surface area contributed by atoms with Crippen LogP contribution in [0, 0.1) is 5.92 Å². The summed E-state index contributed by atoms with van der Waals surface area (Å²) >= 11 is 0. The summed E-state index contributed by atoms with van der Waals surface area (Å²) in [6.45, 7) is 3.03. The molecule has 5 heteroatoms. The second-order valence-corrected chi connectivity index (χ2v) is 6.38. The molecule has 0 spiro atoms. The molecule has 0 unspecified atom stereocenters. The topological polar surface area (TPSA) is 61.5 Å². The second-order valence-electron chi connectivity index (χ2n) is 6.38. The van der Waals surface area contributed by atoms with Gasteiger partial charge >= 0.3 is 0 Å². The van der Waals surface area contributed by atoms with Gasteiger partial charge in [-0.05, 0) is 43.5 Å². The predicted molar refractivity (Wildman–Crippen MR) is 88.8 cm³/mol. The predicted octanol–water partition coefficient (Wildman–Crippen LogP) is 1.69. The van der Waals surface area contributed by atoms with E-state index in [0.29, 0.717) is 19.0 Å². The molecule has 2 N–H and O–H groups in total. The Morgan fingerprint density at radius 2 is 1.78 bits per heavy atom. The summed E-state index contributed by atoms with van der Waals surface area (Å²) in [5.74, 6) is 0.303. The number of nitrogens with zero attached hydrogens (tertiary/aromatic N) is 3. The van der Waals surface area contributed by atoms with Gasteiger partial charge in [0.15, 0.2) is 0 Å². The summed E-state index contributed by atoms with van der Waals surface area (Å²) in [4.78, 5) is 2.28. The number of β-amino-alcohol motifs (C(OH)–C–C–N with tert-alkyl or cyclic N) is 1. The van der Waals surface area contributed by atoms with Crippen LogP contribution in [0.5, 0.6) is 0 Å². The number of aromatic nitrogens is 2. The third-order valence-corrected chi connectivity index (χ3v) is 4.65. The van der Waals surface area contributed by atoms with Gasteiger partial charge in [-0.25, -0.2) is 0 Å². The molecule has 0 aliphatic carbocycles. The lowest BCUT2D eigenvalue weighted by Crippen LogP contribution is -2.41. The highest BCUT2D eigenvalue weighted by Gasteiger charge is 2.26. The summed E-state index contributed by atoms with van der Waals surface area (Å²) in [5, 5.41) is 24.8. The average Bonchev–Trinajstić information content (AvgIpc) is 3.08. The highest BCUT2D eigenvalue weighted by molar-refractivity contribution is 5.18. The van der Waals surface area contributed by atoms with Crippen LogP contribution in [-0.2, 0) is 6.54 Å². The molecule has 0 saturated carbocycles. The van der Waals surface area contributed by atoms with E-state index in [-0.39, 0.29) is 6.10 Å². The fourth-order valence-corrected chi connectivity index (χ4v) is 3.35. The van der Waals surface area contributed by atoms with E-state index in [0.717, 1.165) is 31.5 Å². The van der Waals surface area contributed by atoms with Crippen LogP contribution in [0.1, 0.15) is 24.5 Å². The van der Waals surface area contributed by atoms with Crippen molar-refractivity contribution in [2.24, 2.45) is 5.92 Å². The van der Waals surface area contributed by atoms with E-state index in [1.165, 1.54) is 0 Å². The minimum Gasteiger partial charge on any atom is -0.390 e. The first kappa shape index (κ1) is 16.2. The van der Waals surface area contributed by atoms with Crippen LogP contribution in [0.15, 0.2) is 48.8 Å². The Morgan fingerprint density at radius 1 is 1.04 bits per heavy atom. The number of rotatable bonds is 6. The minimum absolute atomic E-state index is 0.303. The molecule has 1 aliphatic rings. The van der Waals surface area contributed by atoms with Crippen LogP contribution in [0.2, 0.25) is 0 Å². The van der Waals surface area contributed by atoms with E-state index < -0.39 is 6.10 Å². The van der Waals surface area contributed by atoms with Gasteiger partial charge in [0.2, 0.25) is 0 Å². The van der Waals surface area contributed by atoms with Crippen molar-refractivity contribution in [2.75, 3.05) is 19.6 Å². The van der Waals surface area contributed by atoms with E-state index >= 15 is 0 Å². The molecule has 1 aliphatic heterocycles. The quantitative estimate of drug-likeness (QED) is 0.851. The molecular formula is C18H25N3O2. The van der Waals surface area contributed by atoms with Gasteiger partial charge in [-0.15, -0.1) is 0 Å². The van der Waals surface area contributed by atoms with Crippen LogP contribution < -0.4 is 0 Å². The number of hydrogen-bond acceptors (Lipinski definition) is 4. The maximum absolute atomic E-state index is 10.5. The molecule has 3 rings (SSSR count). The first-order valence-electron chi connectivity index (χ1n) is 8.33. The van der Waals surface area contributed by atoms with Crippen molar-refractivity contribution in [1.82, 2.24) is 14.7 Å². The zero-order valence-corrected chi connectivity index (χ0v) is 13.3. The van der Waals surface area contributed by atoms with Gasteiger partial charge in [0, 0.05) is 18.9 Å². The number of aliphatic hydroxyl groups excluding tert-OH is 2. The molecule has 2 aromatic rings. The lowest BCUT2D eigenvalue weighted by atomic mass is 9.87. The molecule has 2 atom stereocenters. The molecule has 2 heterocycles. The summed E-state index contributed by atoms with van der Waals surface area (Å²) in [6, 6.07) is 11.8. The maximum atomic E-state index is 10.5. The van der Waals surface area contributed by atoms with Gasteiger partial charge in [-0.1, -0.05) is 30.3 Å². The van der Waals surface area contributed by atoms with Crippen LogP contribution >= 0.6 is 0 Å². The van der Waals surface area contributed by atoms with Gasteiger partial charge in [0.05, 0.1) is 18.8 Å². The first-order valence-corrected chi connectivity index (χ1v) is 8.33. The van der Waals surface area contributed by atoms with Gasteiger partial charge in [-0.3, -0.25) is 4.68 Å². The van der Waals surface area contributed by atoms with Crippen molar-refractivity contribution in [2.45, 2.75) is 31.6 Å². The monoisotopic (exact) mass is 315 g/mol.